The van der Waals surface area contributed by atoms with Gasteiger partial charge in [0.1, 0.15) is 5.70 Å². The second kappa shape index (κ2) is 8.11. The van der Waals surface area contributed by atoms with Crippen molar-refractivity contribution in [1.82, 2.24) is 15.1 Å². The van der Waals surface area contributed by atoms with Gasteiger partial charge in [-0.3, -0.25) is 4.79 Å². The van der Waals surface area contributed by atoms with E-state index in [1.165, 1.54) is 4.90 Å². The van der Waals surface area contributed by atoms with Gasteiger partial charge in [-0.05, 0) is 46.8 Å². The number of carboxylic acids is 1. The molecule has 0 bridgehead atoms. The second-order valence-corrected chi connectivity index (χ2v) is 9.43. The van der Waals surface area contributed by atoms with E-state index in [0.29, 0.717) is 11.3 Å². The summed E-state index contributed by atoms with van der Waals surface area (Å²) in [7, 11) is 4.10. The molecule has 0 aromatic rings. The molecular weight excluding hydrogens is 366 g/mol. The van der Waals surface area contributed by atoms with E-state index in [1.54, 1.807) is 18.7 Å². The Morgan fingerprint density at radius 3 is 2.74 bits per heavy atom. The van der Waals surface area contributed by atoms with Crippen LogP contribution in [0, 0.1) is 11.8 Å². The number of hydrogen-bond acceptors (Lipinski definition) is 6. The number of hydrogen-bond donors (Lipinski definition) is 3. The monoisotopic (exact) mass is 397 g/mol. The first-order valence-corrected chi connectivity index (χ1v) is 10.7. The lowest BCUT2D eigenvalue weighted by atomic mass is 9.79. The summed E-state index contributed by atoms with van der Waals surface area (Å²) in [5.74, 6) is -1.84. The van der Waals surface area contributed by atoms with Crippen molar-refractivity contribution in [1.29, 1.82) is 0 Å². The molecule has 6 unspecified atom stereocenters. The quantitative estimate of drug-likeness (QED) is 0.415. The van der Waals surface area contributed by atoms with E-state index in [2.05, 4.69) is 17.3 Å². The minimum atomic E-state index is -1.04. The molecule has 3 N–H and O–H groups in total. The molecule has 2 saturated heterocycles. The largest absolute Gasteiger partial charge is 0.477 e. The Hall–Kier alpha value is -1.09. The summed E-state index contributed by atoms with van der Waals surface area (Å²) in [6.07, 6.45) is 2.54. The summed E-state index contributed by atoms with van der Waals surface area (Å²) in [6, 6.07) is 0.293. The van der Waals surface area contributed by atoms with E-state index in [1.807, 2.05) is 14.0 Å². The van der Waals surface area contributed by atoms with Crippen LogP contribution in [0.15, 0.2) is 10.6 Å². The third-order valence-corrected chi connectivity index (χ3v) is 7.71. The summed E-state index contributed by atoms with van der Waals surface area (Å²) in [5.41, 5.74) is 0.140. The molecule has 0 spiro atoms. The predicted octanol–water partition coefficient (Wildman–Crippen LogP) is 0.946. The molecule has 0 aromatic heterocycles. The van der Waals surface area contributed by atoms with Crippen molar-refractivity contribution in [2.75, 3.05) is 27.2 Å². The van der Waals surface area contributed by atoms with Gasteiger partial charge in [-0.1, -0.05) is 6.92 Å². The normalized spacial score (nSPS) is 34.8. The number of aliphatic hydroxyl groups is 1. The molecule has 7 nitrogen and oxygen atoms in total. The number of carboxylic acid groups (broad SMARTS) is 1. The van der Waals surface area contributed by atoms with E-state index in [0.717, 1.165) is 37.3 Å². The number of rotatable bonds is 8. The fourth-order valence-electron chi connectivity index (χ4n) is 4.82. The maximum Gasteiger partial charge on any atom is 0.353 e. The Balaban J connectivity index is 1.72. The molecule has 0 radical (unpaired) electrons. The van der Waals surface area contributed by atoms with Gasteiger partial charge in [0.2, 0.25) is 5.91 Å². The van der Waals surface area contributed by atoms with Crippen LogP contribution in [0.25, 0.3) is 0 Å². The number of likely N-dealkylation sites (tertiary alicyclic amines) is 1. The molecule has 0 aliphatic carbocycles. The van der Waals surface area contributed by atoms with Crippen LogP contribution in [0.5, 0.6) is 0 Å². The summed E-state index contributed by atoms with van der Waals surface area (Å²) in [5, 5.41) is 23.2. The van der Waals surface area contributed by atoms with Crippen LogP contribution in [0.4, 0.5) is 0 Å². The first-order chi connectivity index (χ1) is 12.8. The fourth-order valence-corrected chi connectivity index (χ4v) is 6.46. The Kier molecular flexibility index (Phi) is 6.20. The SMILES string of the molecule is CNCCCC1CC(SC2=C(C(=O)O)N3C(=O)C(C(C)O)C3C2C)CN1C. The van der Waals surface area contributed by atoms with Crippen LogP contribution >= 0.6 is 11.8 Å². The van der Waals surface area contributed by atoms with Crippen LogP contribution in [-0.2, 0) is 9.59 Å². The van der Waals surface area contributed by atoms with Gasteiger partial charge in [-0.15, -0.1) is 11.8 Å². The van der Waals surface area contributed by atoms with Gasteiger partial charge in [0.15, 0.2) is 0 Å². The maximum atomic E-state index is 12.4. The predicted molar refractivity (Wildman–Crippen MR) is 105 cm³/mol. The van der Waals surface area contributed by atoms with Crippen LogP contribution in [0.1, 0.15) is 33.1 Å². The highest BCUT2D eigenvalue weighted by Crippen LogP contribution is 2.52. The fraction of sp³-hybridized carbons (Fsp3) is 0.789. The Bertz CT molecular complexity index is 638. The standard InChI is InChI=1S/C19H31N3O4S/c1-10-15-14(11(2)23)18(24)22(15)16(19(25)26)17(10)27-13-8-12(21(4)9-13)6-5-7-20-3/h10-15,20,23H,5-9H2,1-4H3,(H,25,26). The summed E-state index contributed by atoms with van der Waals surface area (Å²) in [6.45, 7) is 5.53. The first-order valence-electron chi connectivity index (χ1n) is 9.78. The van der Waals surface area contributed by atoms with Crippen molar-refractivity contribution >= 4 is 23.6 Å². The zero-order valence-electron chi connectivity index (χ0n) is 16.5. The smallest absolute Gasteiger partial charge is 0.353 e. The van der Waals surface area contributed by atoms with Gasteiger partial charge in [-0.25, -0.2) is 4.79 Å². The Labute approximate surface area is 165 Å². The molecule has 0 aromatic carbocycles. The van der Waals surface area contributed by atoms with Gasteiger partial charge in [0, 0.05) is 28.7 Å². The summed E-state index contributed by atoms with van der Waals surface area (Å²) < 4.78 is 0. The highest BCUT2D eigenvalue weighted by Gasteiger charge is 2.60. The molecule has 3 aliphatic heterocycles. The number of fused-ring (bicyclic) bond motifs is 1. The third kappa shape index (κ3) is 3.64. The lowest BCUT2D eigenvalue weighted by Gasteiger charge is -2.46. The summed E-state index contributed by atoms with van der Waals surface area (Å²) >= 11 is 1.64. The molecule has 1 amide bonds. The topological polar surface area (TPSA) is 93.1 Å². The maximum absolute atomic E-state index is 12.4. The lowest BCUT2D eigenvalue weighted by molar-refractivity contribution is -0.163. The summed E-state index contributed by atoms with van der Waals surface area (Å²) in [4.78, 5) is 28.9. The number of carbonyl (C=O) groups excluding carboxylic acids is 1. The zero-order chi connectivity index (χ0) is 19.9. The molecule has 3 heterocycles. The van der Waals surface area contributed by atoms with Crippen LogP contribution < -0.4 is 5.32 Å². The van der Waals surface area contributed by atoms with Gasteiger partial charge in [0.25, 0.3) is 0 Å². The molecule has 152 valence electrons. The van der Waals surface area contributed by atoms with Crippen LogP contribution in [-0.4, -0.2) is 82.5 Å². The van der Waals surface area contributed by atoms with E-state index in [-0.39, 0.29) is 23.6 Å². The van der Waals surface area contributed by atoms with Gasteiger partial charge in [0.05, 0.1) is 18.1 Å². The molecule has 3 rings (SSSR count). The van der Waals surface area contributed by atoms with Crippen LogP contribution in [0.3, 0.4) is 0 Å². The zero-order valence-corrected chi connectivity index (χ0v) is 17.3. The second-order valence-electron chi connectivity index (χ2n) is 8.09. The van der Waals surface area contributed by atoms with Crippen molar-refractivity contribution in [3.63, 3.8) is 0 Å². The van der Waals surface area contributed by atoms with Crippen molar-refractivity contribution in [2.24, 2.45) is 11.8 Å². The van der Waals surface area contributed by atoms with Gasteiger partial charge in [-0.2, -0.15) is 0 Å². The molecule has 27 heavy (non-hydrogen) atoms. The highest BCUT2D eigenvalue weighted by molar-refractivity contribution is 8.03. The minimum Gasteiger partial charge on any atom is -0.477 e. The molecule has 3 aliphatic rings. The Morgan fingerprint density at radius 1 is 1.44 bits per heavy atom. The number of β-lactam (4-membered cyclic amide) rings is 1. The van der Waals surface area contributed by atoms with E-state index in [9.17, 15) is 19.8 Å². The van der Waals surface area contributed by atoms with E-state index in [4.69, 9.17) is 0 Å². The van der Waals surface area contributed by atoms with Crippen molar-refractivity contribution in [2.45, 2.75) is 56.5 Å². The first kappa shape index (κ1) is 20.6. The number of nitrogens with one attached hydrogen (secondary N) is 1. The molecule has 8 heteroatoms. The number of amides is 1. The molecule has 6 atom stereocenters. The van der Waals surface area contributed by atoms with Gasteiger partial charge < -0.3 is 25.3 Å². The Morgan fingerprint density at radius 2 is 2.15 bits per heavy atom. The number of aliphatic carboxylic acids is 1. The highest BCUT2D eigenvalue weighted by atomic mass is 32.2. The minimum absolute atomic E-state index is 0.0490. The average Bonchev–Trinajstić information content (AvgIpc) is 3.04. The molecular formula is C19H31N3O4S. The van der Waals surface area contributed by atoms with Gasteiger partial charge >= 0.3 is 5.97 Å². The average molecular weight is 398 g/mol. The van der Waals surface area contributed by atoms with E-state index >= 15 is 0 Å². The lowest BCUT2D eigenvalue weighted by Crippen LogP contribution is -2.63. The van der Waals surface area contributed by atoms with E-state index < -0.39 is 18.0 Å². The molecule has 0 saturated carbocycles. The van der Waals surface area contributed by atoms with Crippen molar-refractivity contribution < 1.29 is 19.8 Å². The molecule has 2 fully saturated rings. The van der Waals surface area contributed by atoms with Crippen molar-refractivity contribution in [3.05, 3.63) is 10.6 Å². The van der Waals surface area contributed by atoms with Crippen LogP contribution in [0.2, 0.25) is 0 Å². The van der Waals surface area contributed by atoms with Crippen molar-refractivity contribution in [3.8, 4) is 0 Å². The third-order valence-electron chi connectivity index (χ3n) is 6.22. The number of thioether (sulfide) groups is 1. The number of aliphatic hydroxyl groups excluding tert-OH is 1. The number of carbonyl (C=O) groups is 2. The number of nitrogens with zero attached hydrogens (tertiary/aromatic N) is 2.